The summed E-state index contributed by atoms with van der Waals surface area (Å²) in [6.45, 7) is 3.27. The Labute approximate surface area is 162 Å². The molecule has 1 saturated carbocycles. The van der Waals surface area contributed by atoms with Gasteiger partial charge in [0, 0.05) is 24.7 Å². The van der Waals surface area contributed by atoms with Gasteiger partial charge in [0.2, 0.25) is 10.0 Å². The van der Waals surface area contributed by atoms with Crippen LogP contribution in [-0.4, -0.2) is 51.0 Å². The first-order valence-corrected chi connectivity index (χ1v) is 11.4. The number of carbonyl (C=O) groups excluding carboxylic acids is 1. The molecule has 1 N–H and O–H groups in total. The monoisotopic (exact) mass is 394 g/mol. The van der Waals surface area contributed by atoms with E-state index >= 15 is 0 Å². The Morgan fingerprint density at radius 2 is 1.70 bits per heavy atom. The van der Waals surface area contributed by atoms with Gasteiger partial charge in [-0.1, -0.05) is 38.2 Å². The van der Waals surface area contributed by atoms with E-state index in [1.807, 2.05) is 0 Å². The third kappa shape index (κ3) is 5.09. The lowest BCUT2D eigenvalue weighted by molar-refractivity contribution is 0.0730. The van der Waals surface area contributed by atoms with Crippen LogP contribution in [0.15, 0.2) is 23.1 Å². The van der Waals surface area contributed by atoms with Gasteiger partial charge in [0.05, 0.1) is 18.1 Å². The van der Waals surface area contributed by atoms with Crippen molar-refractivity contribution in [1.29, 1.82) is 0 Å². The van der Waals surface area contributed by atoms with E-state index in [-0.39, 0.29) is 16.8 Å². The van der Waals surface area contributed by atoms with Gasteiger partial charge in [-0.2, -0.15) is 4.31 Å². The number of rotatable bonds is 4. The second-order valence-electron chi connectivity index (χ2n) is 7.51. The maximum Gasteiger partial charge on any atom is 0.251 e. The molecule has 1 amide bonds. The van der Waals surface area contributed by atoms with E-state index in [1.165, 1.54) is 29.6 Å². The molecule has 1 aromatic rings. The Kier molecular flexibility index (Phi) is 6.89. The van der Waals surface area contributed by atoms with Crippen molar-refractivity contribution in [2.45, 2.75) is 62.8 Å². The molecule has 27 heavy (non-hydrogen) atoms. The highest BCUT2D eigenvalue weighted by Crippen LogP contribution is 2.23. The molecule has 0 spiro atoms. The van der Waals surface area contributed by atoms with Crippen molar-refractivity contribution in [3.63, 3.8) is 0 Å². The summed E-state index contributed by atoms with van der Waals surface area (Å²) >= 11 is 0. The fourth-order valence-electron chi connectivity index (χ4n) is 3.81. The first kappa shape index (κ1) is 20.3. The van der Waals surface area contributed by atoms with Crippen LogP contribution in [0.4, 0.5) is 0 Å². The van der Waals surface area contributed by atoms with Gasteiger partial charge in [0.1, 0.15) is 0 Å². The van der Waals surface area contributed by atoms with Crippen LogP contribution in [0.2, 0.25) is 0 Å². The normalized spacial score (nSPS) is 20.6. The zero-order valence-corrected chi connectivity index (χ0v) is 16.9. The van der Waals surface area contributed by atoms with Crippen LogP contribution in [0.1, 0.15) is 60.9 Å². The van der Waals surface area contributed by atoms with E-state index in [2.05, 4.69) is 5.32 Å². The van der Waals surface area contributed by atoms with Gasteiger partial charge in [-0.15, -0.1) is 0 Å². The number of nitrogens with zero attached hydrogens (tertiary/aromatic N) is 1. The maximum atomic E-state index is 13.0. The van der Waals surface area contributed by atoms with E-state index in [9.17, 15) is 13.2 Å². The van der Waals surface area contributed by atoms with E-state index in [4.69, 9.17) is 4.74 Å². The van der Waals surface area contributed by atoms with Gasteiger partial charge in [0.15, 0.2) is 0 Å². The van der Waals surface area contributed by atoms with Crippen LogP contribution in [0.5, 0.6) is 0 Å². The number of aryl methyl sites for hydroxylation is 1. The fourth-order valence-corrected chi connectivity index (χ4v) is 5.47. The first-order chi connectivity index (χ1) is 13.0. The Morgan fingerprint density at radius 1 is 1.07 bits per heavy atom. The standard InChI is InChI=1S/C20H30N2O4S/c1-16-9-10-17(20(23)21-18-7-5-3-2-4-6-8-18)15-19(16)27(24,25)22-11-13-26-14-12-22/h9-10,15,18H,2-8,11-14H2,1H3,(H,21,23). The molecular weight excluding hydrogens is 364 g/mol. The molecule has 0 radical (unpaired) electrons. The van der Waals surface area contributed by atoms with Gasteiger partial charge in [0.25, 0.3) is 5.91 Å². The lowest BCUT2D eigenvalue weighted by Crippen LogP contribution is -2.41. The van der Waals surface area contributed by atoms with Gasteiger partial charge >= 0.3 is 0 Å². The smallest absolute Gasteiger partial charge is 0.251 e. The van der Waals surface area contributed by atoms with Crippen LogP contribution in [0.25, 0.3) is 0 Å². The average Bonchev–Trinajstić information content (AvgIpc) is 2.64. The van der Waals surface area contributed by atoms with Crippen LogP contribution >= 0.6 is 0 Å². The summed E-state index contributed by atoms with van der Waals surface area (Å²) in [6.07, 6.45) is 7.98. The summed E-state index contributed by atoms with van der Waals surface area (Å²) in [4.78, 5) is 13.0. The fraction of sp³-hybridized carbons (Fsp3) is 0.650. The number of amides is 1. The first-order valence-electron chi connectivity index (χ1n) is 9.98. The minimum Gasteiger partial charge on any atom is -0.379 e. The van der Waals surface area contributed by atoms with Gasteiger partial charge in [-0.25, -0.2) is 8.42 Å². The van der Waals surface area contributed by atoms with Gasteiger partial charge in [-0.05, 0) is 37.5 Å². The molecule has 0 aromatic heterocycles. The van der Waals surface area contributed by atoms with Gasteiger partial charge < -0.3 is 10.1 Å². The number of sulfonamides is 1. The number of ether oxygens (including phenoxy) is 1. The topological polar surface area (TPSA) is 75.7 Å². The van der Waals surface area contributed by atoms with Crippen molar-refractivity contribution in [2.75, 3.05) is 26.3 Å². The molecule has 1 aliphatic heterocycles. The molecule has 6 nitrogen and oxygen atoms in total. The lowest BCUT2D eigenvalue weighted by atomic mass is 9.96. The van der Waals surface area contributed by atoms with E-state index in [1.54, 1.807) is 19.1 Å². The SMILES string of the molecule is Cc1ccc(C(=O)NC2CCCCCCC2)cc1S(=O)(=O)N1CCOCC1. The number of carbonyl (C=O) groups is 1. The van der Waals surface area contributed by atoms with Crippen molar-refractivity contribution < 1.29 is 17.9 Å². The Morgan fingerprint density at radius 3 is 2.37 bits per heavy atom. The molecule has 0 bridgehead atoms. The largest absolute Gasteiger partial charge is 0.379 e. The highest BCUT2D eigenvalue weighted by molar-refractivity contribution is 7.89. The highest BCUT2D eigenvalue weighted by Gasteiger charge is 2.28. The minimum absolute atomic E-state index is 0.179. The van der Waals surface area contributed by atoms with Crippen molar-refractivity contribution in [3.05, 3.63) is 29.3 Å². The van der Waals surface area contributed by atoms with E-state index < -0.39 is 10.0 Å². The minimum atomic E-state index is -3.62. The molecule has 3 rings (SSSR count). The van der Waals surface area contributed by atoms with Crippen molar-refractivity contribution in [3.8, 4) is 0 Å². The Bertz CT molecular complexity index is 749. The molecule has 150 valence electrons. The molecule has 1 aromatic carbocycles. The van der Waals surface area contributed by atoms with E-state index in [0.717, 1.165) is 25.7 Å². The second-order valence-corrected chi connectivity index (χ2v) is 9.42. The summed E-state index contributed by atoms with van der Waals surface area (Å²) in [5, 5.41) is 3.11. The molecule has 0 atom stereocenters. The number of hydrogen-bond donors (Lipinski definition) is 1. The number of nitrogens with one attached hydrogen (secondary N) is 1. The lowest BCUT2D eigenvalue weighted by Gasteiger charge is -2.27. The summed E-state index contributed by atoms with van der Waals surface area (Å²) in [7, 11) is -3.62. The van der Waals surface area contributed by atoms with Crippen LogP contribution in [0.3, 0.4) is 0 Å². The summed E-state index contributed by atoms with van der Waals surface area (Å²) in [5.41, 5.74) is 1.07. The molecule has 0 unspecified atom stereocenters. The molecule has 1 saturated heterocycles. The Balaban J connectivity index is 1.76. The molecule has 2 fully saturated rings. The summed E-state index contributed by atoms with van der Waals surface area (Å²) in [5.74, 6) is -0.181. The second kappa shape index (κ2) is 9.17. The van der Waals surface area contributed by atoms with Crippen molar-refractivity contribution in [1.82, 2.24) is 9.62 Å². The third-order valence-electron chi connectivity index (χ3n) is 5.48. The van der Waals surface area contributed by atoms with Gasteiger partial charge in [-0.3, -0.25) is 4.79 Å². The third-order valence-corrected chi connectivity index (χ3v) is 7.52. The molecule has 2 aliphatic rings. The zero-order valence-electron chi connectivity index (χ0n) is 16.1. The van der Waals surface area contributed by atoms with Crippen LogP contribution < -0.4 is 5.32 Å². The van der Waals surface area contributed by atoms with Crippen molar-refractivity contribution in [2.24, 2.45) is 0 Å². The zero-order chi connectivity index (χ0) is 19.3. The highest BCUT2D eigenvalue weighted by atomic mass is 32.2. The molecular formula is C20H30N2O4S. The van der Waals surface area contributed by atoms with Crippen LogP contribution in [-0.2, 0) is 14.8 Å². The van der Waals surface area contributed by atoms with E-state index in [0.29, 0.717) is 37.4 Å². The number of morpholine rings is 1. The number of benzene rings is 1. The molecule has 1 aliphatic carbocycles. The number of hydrogen-bond acceptors (Lipinski definition) is 4. The summed E-state index contributed by atoms with van der Waals surface area (Å²) in [6, 6.07) is 5.14. The predicted octanol–water partition coefficient (Wildman–Crippen LogP) is 2.86. The maximum absolute atomic E-state index is 13.0. The predicted molar refractivity (Wildman–Crippen MR) is 104 cm³/mol. The summed E-state index contributed by atoms with van der Waals surface area (Å²) < 4.78 is 32.7. The van der Waals surface area contributed by atoms with Crippen LogP contribution in [0, 0.1) is 6.92 Å². The molecule has 1 heterocycles. The average molecular weight is 395 g/mol. The quantitative estimate of drug-likeness (QED) is 0.852. The van der Waals surface area contributed by atoms with Crippen molar-refractivity contribution >= 4 is 15.9 Å². The molecule has 7 heteroatoms. The Hall–Kier alpha value is -1.44.